The van der Waals surface area contributed by atoms with Crippen LogP contribution in [0.1, 0.15) is 45.1 Å². The summed E-state index contributed by atoms with van der Waals surface area (Å²) in [6.07, 6.45) is 2.19. The summed E-state index contributed by atoms with van der Waals surface area (Å²) in [7, 11) is 0. The minimum atomic E-state index is 0.0538. The molecule has 0 aliphatic heterocycles. The van der Waals surface area contributed by atoms with Crippen LogP contribution in [0.25, 0.3) is 0 Å². The molecule has 1 aromatic rings. The standard InChI is InChI=1S/C17H26N2O/c1-13(20)18-10-7-11-19-16-12-15(17(16,2)3)14-8-5-4-6-9-14/h4-6,8-9,15-16,19H,7,10-12H2,1-3H3,(H,18,20)/t15-,16-/m1/s1. The van der Waals surface area contributed by atoms with Gasteiger partial charge >= 0.3 is 0 Å². The number of rotatable bonds is 6. The van der Waals surface area contributed by atoms with Crippen LogP contribution in [0.3, 0.4) is 0 Å². The highest BCUT2D eigenvalue weighted by Crippen LogP contribution is 2.52. The van der Waals surface area contributed by atoms with Crippen molar-refractivity contribution in [3.05, 3.63) is 35.9 Å². The molecular weight excluding hydrogens is 248 g/mol. The molecule has 1 amide bonds. The van der Waals surface area contributed by atoms with Gasteiger partial charge in [0.2, 0.25) is 5.91 Å². The Bertz CT molecular complexity index is 442. The van der Waals surface area contributed by atoms with Crippen molar-refractivity contribution in [2.75, 3.05) is 13.1 Å². The summed E-state index contributed by atoms with van der Waals surface area (Å²) in [6, 6.07) is 11.4. The number of hydrogen-bond acceptors (Lipinski definition) is 2. The second-order valence-corrected chi connectivity index (χ2v) is 6.36. The molecule has 0 unspecified atom stereocenters. The number of nitrogens with one attached hydrogen (secondary N) is 2. The third kappa shape index (κ3) is 3.40. The van der Waals surface area contributed by atoms with Crippen LogP contribution in [-0.2, 0) is 4.79 Å². The summed E-state index contributed by atoms with van der Waals surface area (Å²) in [5, 5.41) is 6.46. The van der Waals surface area contributed by atoms with E-state index in [0.717, 1.165) is 19.5 Å². The fraction of sp³-hybridized carbons (Fsp3) is 0.588. The number of carbonyl (C=O) groups is 1. The average Bonchev–Trinajstić information content (AvgIpc) is 2.41. The van der Waals surface area contributed by atoms with Crippen molar-refractivity contribution in [3.8, 4) is 0 Å². The van der Waals surface area contributed by atoms with E-state index in [1.807, 2.05) is 0 Å². The zero-order chi connectivity index (χ0) is 14.6. The highest BCUT2D eigenvalue weighted by molar-refractivity contribution is 5.72. The summed E-state index contributed by atoms with van der Waals surface area (Å²) in [6.45, 7) is 7.99. The van der Waals surface area contributed by atoms with Crippen molar-refractivity contribution in [2.45, 2.75) is 45.6 Å². The Morgan fingerprint density at radius 1 is 1.25 bits per heavy atom. The Kier molecular flexibility index (Phi) is 4.81. The predicted molar refractivity (Wildman–Crippen MR) is 82.7 cm³/mol. The van der Waals surface area contributed by atoms with Crippen LogP contribution in [0.5, 0.6) is 0 Å². The smallest absolute Gasteiger partial charge is 0.216 e. The van der Waals surface area contributed by atoms with Crippen molar-refractivity contribution < 1.29 is 4.79 Å². The molecule has 0 saturated heterocycles. The van der Waals surface area contributed by atoms with Gasteiger partial charge in [-0.15, -0.1) is 0 Å². The van der Waals surface area contributed by atoms with Crippen molar-refractivity contribution in [1.82, 2.24) is 10.6 Å². The molecule has 1 fully saturated rings. The molecule has 1 aromatic carbocycles. The molecule has 2 rings (SSSR count). The van der Waals surface area contributed by atoms with Gasteiger partial charge < -0.3 is 10.6 Å². The second kappa shape index (κ2) is 6.40. The van der Waals surface area contributed by atoms with E-state index in [4.69, 9.17) is 0 Å². The van der Waals surface area contributed by atoms with Gasteiger partial charge in [-0.25, -0.2) is 0 Å². The van der Waals surface area contributed by atoms with E-state index < -0.39 is 0 Å². The minimum absolute atomic E-state index is 0.0538. The highest BCUT2D eigenvalue weighted by Gasteiger charge is 2.47. The van der Waals surface area contributed by atoms with Gasteiger partial charge in [-0.2, -0.15) is 0 Å². The summed E-state index contributed by atoms with van der Waals surface area (Å²) < 4.78 is 0. The molecule has 0 aromatic heterocycles. The Morgan fingerprint density at radius 3 is 2.55 bits per heavy atom. The quantitative estimate of drug-likeness (QED) is 0.783. The lowest BCUT2D eigenvalue weighted by Gasteiger charge is -2.53. The Morgan fingerprint density at radius 2 is 1.95 bits per heavy atom. The number of amides is 1. The molecule has 3 heteroatoms. The molecule has 1 saturated carbocycles. The molecule has 0 bridgehead atoms. The molecular formula is C17H26N2O. The monoisotopic (exact) mass is 274 g/mol. The first-order chi connectivity index (χ1) is 9.51. The Balaban J connectivity index is 1.75. The van der Waals surface area contributed by atoms with Crippen molar-refractivity contribution in [1.29, 1.82) is 0 Å². The molecule has 0 spiro atoms. The van der Waals surface area contributed by atoms with E-state index in [0.29, 0.717) is 17.4 Å². The van der Waals surface area contributed by atoms with Gasteiger partial charge in [0, 0.05) is 19.5 Å². The molecule has 1 aliphatic carbocycles. The van der Waals surface area contributed by atoms with Crippen LogP contribution < -0.4 is 10.6 Å². The minimum Gasteiger partial charge on any atom is -0.356 e. The van der Waals surface area contributed by atoms with Gasteiger partial charge in [-0.3, -0.25) is 4.79 Å². The van der Waals surface area contributed by atoms with Crippen LogP contribution in [-0.4, -0.2) is 25.0 Å². The van der Waals surface area contributed by atoms with Crippen molar-refractivity contribution in [2.24, 2.45) is 5.41 Å². The Hall–Kier alpha value is -1.35. The first-order valence-electron chi connectivity index (χ1n) is 7.54. The zero-order valence-electron chi connectivity index (χ0n) is 12.8. The molecule has 2 atom stereocenters. The number of carbonyl (C=O) groups excluding carboxylic acids is 1. The summed E-state index contributed by atoms with van der Waals surface area (Å²) in [5.41, 5.74) is 1.75. The van der Waals surface area contributed by atoms with Crippen LogP contribution in [0.2, 0.25) is 0 Å². The normalized spacial score (nSPS) is 23.9. The largest absolute Gasteiger partial charge is 0.356 e. The van der Waals surface area contributed by atoms with Crippen LogP contribution in [0.4, 0.5) is 0 Å². The maximum atomic E-state index is 10.8. The first kappa shape index (κ1) is 15.0. The first-order valence-corrected chi connectivity index (χ1v) is 7.54. The van der Waals surface area contributed by atoms with Gasteiger partial charge in [-0.1, -0.05) is 44.2 Å². The fourth-order valence-corrected chi connectivity index (χ4v) is 3.15. The molecule has 0 heterocycles. The van der Waals surface area contributed by atoms with Gasteiger partial charge in [0.05, 0.1) is 0 Å². The number of benzene rings is 1. The Labute approximate surface area is 122 Å². The molecule has 3 nitrogen and oxygen atoms in total. The predicted octanol–water partition coefficient (Wildman–Crippen LogP) is 2.68. The second-order valence-electron chi connectivity index (χ2n) is 6.36. The highest BCUT2D eigenvalue weighted by atomic mass is 16.1. The summed E-state index contributed by atoms with van der Waals surface area (Å²) in [5.74, 6) is 0.703. The van der Waals surface area contributed by atoms with Crippen LogP contribution in [0, 0.1) is 5.41 Å². The topological polar surface area (TPSA) is 41.1 Å². The lowest BCUT2D eigenvalue weighted by Crippen LogP contribution is -2.55. The van der Waals surface area contributed by atoms with Crippen LogP contribution in [0.15, 0.2) is 30.3 Å². The van der Waals surface area contributed by atoms with E-state index in [1.54, 1.807) is 6.92 Å². The van der Waals surface area contributed by atoms with E-state index in [-0.39, 0.29) is 5.91 Å². The molecule has 20 heavy (non-hydrogen) atoms. The lowest BCUT2D eigenvalue weighted by molar-refractivity contribution is -0.118. The van der Waals surface area contributed by atoms with Crippen molar-refractivity contribution in [3.63, 3.8) is 0 Å². The van der Waals surface area contributed by atoms with E-state index in [1.165, 1.54) is 12.0 Å². The third-order valence-corrected chi connectivity index (χ3v) is 4.59. The fourth-order valence-electron chi connectivity index (χ4n) is 3.15. The SMILES string of the molecule is CC(=O)NCCCN[C@@H]1C[C@H](c2ccccc2)C1(C)C. The van der Waals surface area contributed by atoms with Gasteiger partial charge in [0.1, 0.15) is 0 Å². The molecule has 0 radical (unpaired) electrons. The van der Waals surface area contributed by atoms with E-state index in [9.17, 15) is 4.79 Å². The summed E-state index contributed by atoms with van der Waals surface area (Å²) in [4.78, 5) is 10.8. The number of hydrogen-bond donors (Lipinski definition) is 2. The molecule has 110 valence electrons. The maximum Gasteiger partial charge on any atom is 0.216 e. The van der Waals surface area contributed by atoms with Gasteiger partial charge in [0.25, 0.3) is 0 Å². The molecule has 1 aliphatic rings. The van der Waals surface area contributed by atoms with Gasteiger partial charge in [0.15, 0.2) is 0 Å². The third-order valence-electron chi connectivity index (χ3n) is 4.59. The van der Waals surface area contributed by atoms with E-state index in [2.05, 4.69) is 54.8 Å². The van der Waals surface area contributed by atoms with Gasteiger partial charge in [-0.05, 0) is 36.3 Å². The van der Waals surface area contributed by atoms with E-state index >= 15 is 0 Å². The van der Waals surface area contributed by atoms with Crippen molar-refractivity contribution >= 4 is 5.91 Å². The molecule has 2 N–H and O–H groups in total. The zero-order valence-corrected chi connectivity index (χ0v) is 12.8. The lowest BCUT2D eigenvalue weighted by atomic mass is 9.56. The average molecular weight is 274 g/mol. The van der Waals surface area contributed by atoms with Crippen LogP contribution >= 0.6 is 0 Å². The maximum absolute atomic E-state index is 10.8. The summed E-state index contributed by atoms with van der Waals surface area (Å²) >= 11 is 0.